The van der Waals surface area contributed by atoms with Crippen LogP contribution < -0.4 is 0 Å². The quantitative estimate of drug-likeness (QED) is 0.727. The second-order valence-corrected chi connectivity index (χ2v) is 6.02. The first-order chi connectivity index (χ1) is 12.0. The third-order valence-corrected chi connectivity index (χ3v) is 4.17. The minimum Gasteiger partial charge on any atom is -0.451 e. The number of carbonyl (C=O) groups is 2. The number of ether oxygens (including phenoxy) is 1. The Kier molecular flexibility index (Phi) is 4.84. The van der Waals surface area contributed by atoms with Gasteiger partial charge in [0, 0.05) is 24.5 Å². The Morgan fingerprint density at radius 1 is 1.08 bits per heavy atom. The fraction of sp³-hybridized carbons (Fsp3) is 0.200. The van der Waals surface area contributed by atoms with Gasteiger partial charge in [-0.1, -0.05) is 42.5 Å². The maximum Gasteiger partial charge on any atom is 0.355 e. The van der Waals surface area contributed by atoms with Gasteiger partial charge >= 0.3 is 5.97 Å². The van der Waals surface area contributed by atoms with Crippen LogP contribution in [0.1, 0.15) is 21.6 Å². The van der Waals surface area contributed by atoms with Crippen LogP contribution in [-0.4, -0.2) is 35.4 Å². The number of H-pyrrole nitrogens is 1. The third-order valence-electron chi connectivity index (χ3n) is 4.17. The number of fused-ring (bicyclic) bond motifs is 1. The Morgan fingerprint density at radius 2 is 1.80 bits per heavy atom. The molecular formula is C20H20N2O3. The van der Waals surface area contributed by atoms with E-state index in [1.807, 2.05) is 55.5 Å². The first-order valence-electron chi connectivity index (χ1n) is 8.08. The van der Waals surface area contributed by atoms with Crippen molar-refractivity contribution >= 4 is 22.8 Å². The molecule has 1 amide bonds. The number of carbonyl (C=O) groups excluding carboxylic acids is 2. The number of amides is 1. The molecule has 0 bridgehead atoms. The molecule has 0 aliphatic rings. The van der Waals surface area contributed by atoms with Crippen molar-refractivity contribution in [3.63, 3.8) is 0 Å². The van der Waals surface area contributed by atoms with Gasteiger partial charge in [0.15, 0.2) is 6.61 Å². The van der Waals surface area contributed by atoms with Crippen molar-refractivity contribution in [1.29, 1.82) is 0 Å². The van der Waals surface area contributed by atoms with Crippen LogP contribution in [0.5, 0.6) is 0 Å². The number of esters is 1. The zero-order valence-corrected chi connectivity index (χ0v) is 14.3. The van der Waals surface area contributed by atoms with E-state index in [0.717, 1.165) is 22.0 Å². The summed E-state index contributed by atoms with van der Waals surface area (Å²) >= 11 is 0. The fourth-order valence-corrected chi connectivity index (χ4v) is 2.63. The van der Waals surface area contributed by atoms with Gasteiger partial charge in [0.05, 0.1) is 0 Å². The lowest BCUT2D eigenvalue weighted by atomic mass is 10.1. The zero-order chi connectivity index (χ0) is 17.8. The average Bonchev–Trinajstić information content (AvgIpc) is 3.05. The van der Waals surface area contributed by atoms with Crippen molar-refractivity contribution in [2.75, 3.05) is 13.7 Å². The van der Waals surface area contributed by atoms with Gasteiger partial charge in [-0.3, -0.25) is 4.79 Å². The Morgan fingerprint density at radius 3 is 2.56 bits per heavy atom. The van der Waals surface area contributed by atoms with E-state index in [1.165, 1.54) is 0 Å². The number of hydrogen-bond acceptors (Lipinski definition) is 3. The van der Waals surface area contributed by atoms with Gasteiger partial charge in [-0.2, -0.15) is 0 Å². The minimum atomic E-state index is -0.533. The first-order valence-corrected chi connectivity index (χ1v) is 8.08. The number of likely N-dealkylation sites (N-methyl/N-ethyl adjacent to an activating group) is 1. The van der Waals surface area contributed by atoms with Gasteiger partial charge in [-0.25, -0.2) is 4.79 Å². The van der Waals surface area contributed by atoms with Crippen LogP contribution in [-0.2, 0) is 16.1 Å². The second kappa shape index (κ2) is 7.21. The fourth-order valence-electron chi connectivity index (χ4n) is 2.63. The number of hydrogen-bond donors (Lipinski definition) is 1. The van der Waals surface area contributed by atoms with E-state index in [1.54, 1.807) is 18.0 Å². The number of aromatic nitrogens is 1. The van der Waals surface area contributed by atoms with Crippen LogP contribution in [0.25, 0.3) is 10.9 Å². The SMILES string of the molecule is Cc1ccccc1CN(C)C(=O)COC(=O)c1cc2ccccc2[nH]1. The highest BCUT2D eigenvalue weighted by Gasteiger charge is 2.15. The molecule has 0 saturated carbocycles. The van der Waals surface area contributed by atoms with Crippen molar-refractivity contribution in [2.24, 2.45) is 0 Å². The second-order valence-electron chi connectivity index (χ2n) is 6.02. The van der Waals surface area contributed by atoms with Gasteiger partial charge in [0.25, 0.3) is 5.91 Å². The van der Waals surface area contributed by atoms with Crippen molar-refractivity contribution in [3.8, 4) is 0 Å². The van der Waals surface area contributed by atoms with E-state index in [9.17, 15) is 9.59 Å². The summed E-state index contributed by atoms with van der Waals surface area (Å²) in [6.45, 7) is 2.20. The van der Waals surface area contributed by atoms with E-state index in [-0.39, 0.29) is 12.5 Å². The maximum atomic E-state index is 12.2. The van der Waals surface area contributed by atoms with Gasteiger partial charge in [0.2, 0.25) is 0 Å². The molecule has 5 heteroatoms. The number of aromatic amines is 1. The van der Waals surface area contributed by atoms with Crippen molar-refractivity contribution < 1.29 is 14.3 Å². The van der Waals surface area contributed by atoms with Crippen LogP contribution in [0.15, 0.2) is 54.6 Å². The predicted octanol–water partition coefficient (Wildman–Crippen LogP) is 3.29. The molecule has 0 unspecified atom stereocenters. The lowest BCUT2D eigenvalue weighted by molar-refractivity contribution is -0.133. The number of benzene rings is 2. The lowest BCUT2D eigenvalue weighted by Gasteiger charge is -2.18. The number of nitrogens with zero attached hydrogens (tertiary/aromatic N) is 1. The molecule has 0 aliphatic carbocycles. The van der Waals surface area contributed by atoms with Crippen LogP contribution in [0.2, 0.25) is 0 Å². The molecule has 5 nitrogen and oxygen atoms in total. The number of nitrogens with one attached hydrogen (secondary N) is 1. The average molecular weight is 336 g/mol. The molecule has 25 heavy (non-hydrogen) atoms. The number of para-hydroxylation sites is 1. The van der Waals surface area contributed by atoms with E-state index in [0.29, 0.717) is 12.2 Å². The normalized spacial score (nSPS) is 10.6. The van der Waals surface area contributed by atoms with Crippen LogP contribution in [0, 0.1) is 6.92 Å². The van der Waals surface area contributed by atoms with Crippen LogP contribution >= 0.6 is 0 Å². The molecule has 1 aromatic heterocycles. The molecular weight excluding hydrogens is 316 g/mol. The summed E-state index contributed by atoms with van der Waals surface area (Å²) in [5, 5.41) is 0.928. The molecule has 3 rings (SSSR count). The van der Waals surface area contributed by atoms with Crippen LogP contribution in [0.4, 0.5) is 0 Å². The summed E-state index contributed by atoms with van der Waals surface area (Å²) in [6.07, 6.45) is 0. The molecule has 3 aromatic rings. The number of rotatable bonds is 5. The summed E-state index contributed by atoms with van der Waals surface area (Å²) < 4.78 is 5.15. The van der Waals surface area contributed by atoms with Gasteiger partial charge in [-0.05, 0) is 30.2 Å². The summed E-state index contributed by atoms with van der Waals surface area (Å²) in [7, 11) is 1.70. The molecule has 0 spiro atoms. The van der Waals surface area contributed by atoms with Gasteiger partial charge in [0.1, 0.15) is 5.69 Å². The minimum absolute atomic E-state index is 0.243. The van der Waals surface area contributed by atoms with Crippen molar-refractivity contribution in [1.82, 2.24) is 9.88 Å². The molecule has 0 atom stereocenters. The molecule has 128 valence electrons. The standard InChI is InChI=1S/C20H20N2O3/c1-14-7-3-4-9-16(14)12-22(2)19(23)13-25-20(24)18-11-15-8-5-6-10-17(15)21-18/h3-11,21H,12-13H2,1-2H3. The topological polar surface area (TPSA) is 62.4 Å². The molecule has 1 heterocycles. The number of aryl methyl sites for hydroxylation is 1. The largest absolute Gasteiger partial charge is 0.451 e. The first kappa shape index (κ1) is 16.8. The van der Waals surface area contributed by atoms with E-state index >= 15 is 0 Å². The maximum absolute atomic E-state index is 12.2. The van der Waals surface area contributed by atoms with E-state index < -0.39 is 5.97 Å². The summed E-state index contributed by atoms with van der Waals surface area (Å²) in [5.74, 6) is -0.776. The highest BCUT2D eigenvalue weighted by Crippen LogP contribution is 2.15. The summed E-state index contributed by atoms with van der Waals surface area (Å²) in [5.41, 5.74) is 3.39. The molecule has 0 radical (unpaired) electrons. The van der Waals surface area contributed by atoms with Crippen molar-refractivity contribution in [3.05, 3.63) is 71.4 Å². The van der Waals surface area contributed by atoms with Crippen LogP contribution in [0.3, 0.4) is 0 Å². The van der Waals surface area contributed by atoms with Gasteiger partial charge in [-0.15, -0.1) is 0 Å². The lowest BCUT2D eigenvalue weighted by Crippen LogP contribution is -2.31. The highest BCUT2D eigenvalue weighted by molar-refractivity contribution is 5.95. The molecule has 1 N–H and O–H groups in total. The Hall–Kier alpha value is -3.08. The third kappa shape index (κ3) is 3.88. The van der Waals surface area contributed by atoms with E-state index in [4.69, 9.17) is 4.74 Å². The molecule has 0 fully saturated rings. The highest BCUT2D eigenvalue weighted by atomic mass is 16.5. The van der Waals surface area contributed by atoms with Crippen molar-refractivity contribution in [2.45, 2.75) is 13.5 Å². The molecule has 2 aromatic carbocycles. The molecule has 0 saturated heterocycles. The summed E-state index contributed by atoms with van der Waals surface area (Å²) in [4.78, 5) is 28.9. The van der Waals surface area contributed by atoms with E-state index in [2.05, 4.69) is 4.98 Å². The monoisotopic (exact) mass is 336 g/mol. The smallest absolute Gasteiger partial charge is 0.355 e. The predicted molar refractivity (Wildman–Crippen MR) is 96.2 cm³/mol. The Balaban J connectivity index is 1.57. The zero-order valence-electron chi connectivity index (χ0n) is 14.3. The molecule has 0 aliphatic heterocycles. The van der Waals surface area contributed by atoms with Gasteiger partial charge < -0.3 is 14.6 Å². The Bertz CT molecular complexity index is 881. The Labute approximate surface area is 146 Å². The summed E-state index contributed by atoms with van der Waals surface area (Å²) in [6, 6.07) is 17.2.